The summed E-state index contributed by atoms with van der Waals surface area (Å²) in [4.78, 5) is 18.9. The molecule has 1 amide bonds. The van der Waals surface area contributed by atoms with E-state index in [2.05, 4.69) is 55.2 Å². The summed E-state index contributed by atoms with van der Waals surface area (Å²) in [7, 11) is 0. The Bertz CT molecular complexity index is 993. The molecule has 0 radical (unpaired) electrons. The van der Waals surface area contributed by atoms with Crippen LogP contribution in [0.5, 0.6) is 5.75 Å². The highest BCUT2D eigenvalue weighted by Crippen LogP contribution is 2.30. The number of aryl methyl sites for hydroxylation is 1. The minimum absolute atomic E-state index is 0.0714. The van der Waals surface area contributed by atoms with Crippen LogP contribution >= 0.6 is 0 Å². The molecule has 1 aliphatic rings. The highest BCUT2D eigenvalue weighted by atomic mass is 16.5. The number of carbonyl (C=O) groups is 1. The van der Waals surface area contributed by atoms with E-state index in [0.717, 1.165) is 16.9 Å². The first-order chi connectivity index (χ1) is 14.5. The van der Waals surface area contributed by atoms with Gasteiger partial charge in [-0.15, -0.1) is 0 Å². The molecule has 3 aromatic rings. The first-order valence-electron chi connectivity index (χ1n) is 10.4. The van der Waals surface area contributed by atoms with Crippen molar-refractivity contribution < 1.29 is 14.1 Å². The van der Waals surface area contributed by atoms with Crippen LogP contribution in [0.25, 0.3) is 11.4 Å². The number of carbonyl (C=O) groups excluding carboxylic acids is 1. The lowest BCUT2D eigenvalue weighted by molar-refractivity contribution is -0.128. The molecule has 1 atom stereocenters. The van der Waals surface area contributed by atoms with Gasteiger partial charge in [-0.25, -0.2) is 0 Å². The fourth-order valence-electron chi connectivity index (χ4n) is 3.49. The van der Waals surface area contributed by atoms with E-state index in [1.165, 1.54) is 5.56 Å². The van der Waals surface area contributed by atoms with Crippen LogP contribution in [-0.4, -0.2) is 34.1 Å². The van der Waals surface area contributed by atoms with Gasteiger partial charge in [0.15, 0.2) is 0 Å². The predicted molar refractivity (Wildman–Crippen MR) is 114 cm³/mol. The number of likely N-dealkylation sites (tertiary alicyclic amines) is 1. The molecule has 0 spiro atoms. The van der Waals surface area contributed by atoms with Crippen LogP contribution in [0.3, 0.4) is 0 Å². The molecule has 1 saturated heterocycles. The van der Waals surface area contributed by atoms with Gasteiger partial charge in [-0.1, -0.05) is 48.8 Å². The molecule has 6 nitrogen and oxygen atoms in total. The van der Waals surface area contributed by atoms with E-state index in [9.17, 15) is 4.79 Å². The third-order valence-electron chi connectivity index (χ3n) is 5.20. The maximum Gasteiger partial charge on any atom is 0.232 e. The van der Waals surface area contributed by atoms with Crippen molar-refractivity contribution in [2.45, 2.75) is 39.7 Å². The van der Waals surface area contributed by atoms with Gasteiger partial charge in [0.1, 0.15) is 5.75 Å². The van der Waals surface area contributed by atoms with Gasteiger partial charge in [0, 0.05) is 25.1 Å². The van der Waals surface area contributed by atoms with E-state index in [4.69, 9.17) is 9.26 Å². The van der Waals surface area contributed by atoms with E-state index in [1.807, 2.05) is 29.2 Å². The van der Waals surface area contributed by atoms with Crippen LogP contribution in [0.15, 0.2) is 53.1 Å². The lowest BCUT2D eigenvalue weighted by Crippen LogP contribution is -2.24. The van der Waals surface area contributed by atoms with Crippen molar-refractivity contribution in [2.24, 2.45) is 5.92 Å². The average Bonchev–Trinajstić information content (AvgIpc) is 3.36. The van der Waals surface area contributed by atoms with Gasteiger partial charge in [-0.05, 0) is 42.7 Å². The number of hydrogen-bond donors (Lipinski definition) is 0. The molecule has 2 heterocycles. The van der Waals surface area contributed by atoms with Gasteiger partial charge in [-0.2, -0.15) is 4.98 Å². The molecule has 0 saturated carbocycles. The molecule has 1 unspecified atom stereocenters. The number of amides is 1. The predicted octanol–water partition coefficient (Wildman–Crippen LogP) is 4.60. The summed E-state index contributed by atoms with van der Waals surface area (Å²) in [6.45, 7) is 8.17. The fourth-order valence-corrected chi connectivity index (χ4v) is 3.49. The molecule has 30 heavy (non-hydrogen) atoms. The van der Waals surface area contributed by atoms with E-state index in [1.54, 1.807) is 0 Å². The molecule has 156 valence electrons. The average molecular weight is 405 g/mol. The van der Waals surface area contributed by atoms with E-state index >= 15 is 0 Å². The van der Waals surface area contributed by atoms with Crippen molar-refractivity contribution in [3.05, 3.63) is 65.5 Å². The van der Waals surface area contributed by atoms with Crippen LogP contribution in [0.4, 0.5) is 0 Å². The van der Waals surface area contributed by atoms with Crippen LogP contribution in [0.1, 0.15) is 43.2 Å². The van der Waals surface area contributed by atoms with Gasteiger partial charge in [0.25, 0.3) is 0 Å². The van der Waals surface area contributed by atoms with Crippen molar-refractivity contribution >= 4 is 5.91 Å². The minimum Gasteiger partial charge on any atom is -0.493 e. The third-order valence-corrected chi connectivity index (χ3v) is 5.20. The molecule has 0 bridgehead atoms. The van der Waals surface area contributed by atoms with Gasteiger partial charge in [0.2, 0.25) is 17.6 Å². The summed E-state index contributed by atoms with van der Waals surface area (Å²) in [5, 5.41) is 4.12. The normalized spacial score (nSPS) is 16.5. The second-order valence-electron chi connectivity index (χ2n) is 8.35. The zero-order chi connectivity index (χ0) is 21.1. The Morgan fingerprint density at radius 2 is 1.87 bits per heavy atom. The Kier molecular flexibility index (Phi) is 5.84. The maximum absolute atomic E-state index is 12.5. The zero-order valence-electron chi connectivity index (χ0n) is 17.7. The summed E-state index contributed by atoms with van der Waals surface area (Å²) < 4.78 is 11.2. The van der Waals surface area contributed by atoms with Crippen LogP contribution < -0.4 is 4.74 Å². The highest BCUT2D eigenvalue weighted by Gasteiger charge is 2.34. The molecule has 0 N–H and O–H groups in total. The number of ether oxygens (including phenoxy) is 1. The largest absolute Gasteiger partial charge is 0.493 e. The second kappa shape index (κ2) is 8.69. The summed E-state index contributed by atoms with van der Waals surface area (Å²) in [5.41, 5.74) is 3.20. The van der Waals surface area contributed by atoms with E-state index in [0.29, 0.717) is 43.8 Å². The standard InChI is InChI=1S/C24H27N3O3/c1-16(2)15-29-21-10-8-19(9-11-21)23-25-24(30-26-23)20-12-22(28)27(14-20)13-18-6-4-17(3)5-7-18/h4-11,16,20H,12-15H2,1-3H3. The quantitative estimate of drug-likeness (QED) is 0.575. The second-order valence-corrected chi connectivity index (χ2v) is 8.35. The van der Waals surface area contributed by atoms with Gasteiger partial charge in [0.05, 0.1) is 12.5 Å². The maximum atomic E-state index is 12.5. The van der Waals surface area contributed by atoms with E-state index in [-0.39, 0.29) is 11.8 Å². The van der Waals surface area contributed by atoms with Crippen molar-refractivity contribution in [1.29, 1.82) is 0 Å². The number of aromatic nitrogens is 2. The van der Waals surface area contributed by atoms with E-state index < -0.39 is 0 Å². The lowest BCUT2D eigenvalue weighted by atomic mass is 10.1. The first kappa shape index (κ1) is 20.1. The van der Waals surface area contributed by atoms with Crippen molar-refractivity contribution in [3.8, 4) is 17.1 Å². The van der Waals surface area contributed by atoms with Crippen LogP contribution in [0.2, 0.25) is 0 Å². The Balaban J connectivity index is 1.40. The van der Waals surface area contributed by atoms with Gasteiger partial charge in [-0.3, -0.25) is 4.79 Å². The number of hydrogen-bond acceptors (Lipinski definition) is 5. The molecule has 0 aliphatic carbocycles. The molecule has 1 aliphatic heterocycles. The van der Waals surface area contributed by atoms with Crippen molar-refractivity contribution in [2.75, 3.05) is 13.2 Å². The summed E-state index contributed by atoms with van der Waals surface area (Å²) in [5.74, 6) is 2.40. The molecule has 4 rings (SSSR count). The first-order valence-corrected chi connectivity index (χ1v) is 10.4. The molecule has 6 heteroatoms. The Morgan fingerprint density at radius 3 is 2.57 bits per heavy atom. The SMILES string of the molecule is Cc1ccc(CN2CC(c3nc(-c4ccc(OCC(C)C)cc4)no3)CC2=O)cc1. The highest BCUT2D eigenvalue weighted by molar-refractivity contribution is 5.79. The molecule has 1 fully saturated rings. The molecular weight excluding hydrogens is 378 g/mol. The zero-order valence-corrected chi connectivity index (χ0v) is 17.7. The molecule has 2 aromatic carbocycles. The van der Waals surface area contributed by atoms with Crippen LogP contribution in [-0.2, 0) is 11.3 Å². The number of nitrogens with zero attached hydrogens (tertiary/aromatic N) is 3. The third kappa shape index (κ3) is 4.70. The molecular formula is C24H27N3O3. The van der Waals surface area contributed by atoms with Crippen molar-refractivity contribution in [1.82, 2.24) is 15.0 Å². The Morgan fingerprint density at radius 1 is 1.13 bits per heavy atom. The smallest absolute Gasteiger partial charge is 0.232 e. The number of benzene rings is 2. The Hall–Kier alpha value is -3.15. The van der Waals surface area contributed by atoms with Crippen LogP contribution in [0, 0.1) is 12.8 Å². The minimum atomic E-state index is -0.0714. The monoisotopic (exact) mass is 405 g/mol. The Labute approximate surface area is 176 Å². The summed E-state index contributed by atoms with van der Waals surface area (Å²) >= 11 is 0. The lowest BCUT2D eigenvalue weighted by Gasteiger charge is -2.16. The summed E-state index contributed by atoms with van der Waals surface area (Å²) in [6.07, 6.45) is 0.398. The fraction of sp³-hybridized carbons (Fsp3) is 0.375. The number of rotatable bonds is 7. The summed E-state index contributed by atoms with van der Waals surface area (Å²) in [6, 6.07) is 15.9. The van der Waals surface area contributed by atoms with Gasteiger partial charge < -0.3 is 14.2 Å². The topological polar surface area (TPSA) is 68.5 Å². The van der Waals surface area contributed by atoms with Gasteiger partial charge >= 0.3 is 0 Å². The van der Waals surface area contributed by atoms with Crippen molar-refractivity contribution in [3.63, 3.8) is 0 Å². The molecule has 1 aromatic heterocycles.